The van der Waals surface area contributed by atoms with E-state index in [9.17, 15) is 9.59 Å². The van der Waals surface area contributed by atoms with Crippen molar-refractivity contribution in [2.45, 2.75) is 27.2 Å². The van der Waals surface area contributed by atoms with Crippen molar-refractivity contribution in [1.29, 1.82) is 0 Å². The van der Waals surface area contributed by atoms with Gasteiger partial charge in [-0.3, -0.25) is 14.5 Å². The van der Waals surface area contributed by atoms with Crippen LogP contribution in [0.5, 0.6) is 11.5 Å². The van der Waals surface area contributed by atoms with Gasteiger partial charge in [-0.05, 0) is 31.4 Å². The van der Waals surface area contributed by atoms with Gasteiger partial charge in [-0.2, -0.15) is 0 Å². The van der Waals surface area contributed by atoms with Gasteiger partial charge in [-0.1, -0.05) is 25.4 Å². The van der Waals surface area contributed by atoms with Crippen LogP contribution in [-0.4, -0.2) is 74.6 Å². The summed E-state index contributed by atoms with van der Waals surface area (Å²) in [7, 11) is 1.54. The molecule has 1 aliphatic heterocycles. The Bertz CT molecular complexity index is 703. The zero-order valence-electron chi connectivity index (χ0n) is 17.8. The van der Waals surface area contributed by atoms with E-state index in [0.29, 0.717) is 73.9 Å². The Morgan fingerprint density at radius 1 is 1.21 bits per heavy atom. The van der Waals surface area contributed by atoms with Crippen molar-refractivity contribution in [3.8, 4) is 11.5 Å². The zero-order chi connectivity index (χ0) is 21.4. The summed E-state index contributed by atoms with van der Waals surface area (Å²) in [6.45, 7) is 10.1. The summed E-state index contributed by atoms with van der Waals surface area (Å²) < 4.78 is 11.2. The predicted octanol–water partition coefficient (Wildman–Crippen LogP) is 2.67. The number of amides is 2. The molecule has 2 amide bonds. The van der Waals surface area contributed by atoms with Crippen molar-refractivity contribution < 1.29 is 19.1 Å². The Hall–Kier alpha value is -1.99. The second-order valence-corrected chi connectivity index (χ2v) is 7.95. The van der Waals surface area contributed by atoms with Crippen molar-refractivity contribution >= 4 is 23.4 Å². The Morgan fingerprint density at radius 3 is 2.48 bits per heavy atom. The standard InChI is InChI=1S/C21H32ClN3O4/c1-5-23-19(26)14-24-7-9-25(10-8-24)21(27)16-12-17(22)20(18(13-16)28-4)29-11-6-15(2)3/h12-13,15H,5-11,14H2,1-4H3,(H,23,26). The first-order chi connectivity index (χ1) is 13.8. The maximum Gasteiger partial charge on any atom is 0.254 e. The van der Waals surface area contributed by atoms with Crippen molar-refractivity contribution in [2.75, 3.05) is 53.0 Å². The fourth-order valence-electron chi connectivity index (χ4n) is 3.13. The van der Waals surface area contributed by atoms with E-state index in [1.54, 1.807) is 17.0 Å². The highest BCUT2D eigenvalue weighted by atomic mass is 35.5. The molecule has 0 spiro atoms. The molecule has 1 aromatic rings. The summed E-state index contributed by atoms with van der Waals surface area (Å²) in [6, 6.07) is 3.32. The van der Waals surface area contributed by atoms with Gasteiger partial charge in [0.25, 0.3) is 5.91 Å². The summed E-state index contributed by atoms with van der Waals surface area (Å²) in [5, 5.41) is 3.16. The fourth-order valence-corrected chi connectivity index (χ4v) is 3.39. The van der Waals surface area contributed by atoms with E-state index < -0.39 is 0 Å². The van der Waals surface area contributed by atoms with E-state index in [0.717, 1.165) is 6.42 Å². The number of piperazine rings is 1. The van der Waals surface area contributed by atoms with E-state index in [1.807, 2.05) is 11.8 Å². The van der Waals surface area contributed by atoms with E-state index >= 15 is 0 Å². The largest absolute Gasteiger partial charge is 0.493 e. The van der Waals surface area contributed by atoms with Crippen LogP contribution in [0.1, 0.15) is 37.6 Å². The number of ether oxygens (including phenoxy) is 2. The number of methoxy groups -OCH3 is 1. The van der Waals surface area contributed by atoms with Crippen molar-refractivity contribution in [2.24, 2.45) is 5.92 Å². The number of benzene rings is 1. The molecule has 1 fully saturated rings. The molecule has 1 saturated heterocycles. The average molecular weight is 426 g/mol. The third-order valence-electron chi connectivity index (χ3n) is 4.82. The monoisotopic (exact) mass is 425 g/mol. The molecule has 0 unspecified atom stereocenters. The summed E-state index contributed by atoms with van der Waals surface area (Å²) >= 11 is 6.39. The minimum atomic E-state index is -0.100. The Morgan fingerprint density at radius 2 is 1.90 bits per heavy atom. The lowest BCUT2D eigenvalue weighted by atomic mass is 10.1. The highest BCUT2D eigenvalue weighted by Gasteiger charge is 2.25. The van der Waals surface area contributed by atoms with Crippen LogP contribution in [0.2, 0.25) is 5.02 Å². The molecule has 7 nitrogen and oxygen atoms in total. The number of hydrogen-bond donors (Lipinski definition) is 1. The van der Waals surface area contributed by atoms with E-state index in [4.69, 9.17) is 21.1 Å². The maximum absolute atomic E-state index is 12.9. The zero-order valence-corrected chi connectivity index (χ0v) is 18.6. The van der Waals surface area contributed by atoms with Gasteiger partial charge in [0.05, 0.1) is 25.3 Å². The van der Waals surface area contributed by atoms with Crippen LogP contribution in [0.25, 0.3) is 0 Å². The molecular weight excluding hydrogens is 394 g/mol. The number of rotatable bonds is 9. The third-order valence-corrected chi connectivity index (χ3v) is 5.10. The molecule has 2 rings (SSSR count). The highest BCUT2D eigenvalue weighted by Crippen LogP contribution is 2.37. The Balaban J connectivity index is 2.00. The highest BCUT2D eigenvalue weighted by molar-refractivity contribution is 6.32. The van der Waals surface area contributed by atoms with Crippen LogP contribution >= 0.6 is 11.6 Å². The smallest absolute Gasteiger partial charge is 0.254 e. The van der Waals surface area contributed by atoms with Crippen LogP contribution in [0.3, 0.4) is 0 Å². The molecule has 8 heteroatoms. The summed E-state index contributed by atoms with van der Waals surface area (Å²) in [6.07, 6.45) is 0.903. The van der Waals surface area contributed by atoms with Crippen LogP contribution in [0.4, 0.5) is 0 Å². The van der Waals surface area contributed by atoms with Gasteiger partial charge in [0.15, 0.2) is 11.5 Å². The number of nitrogens with zero attached hydrogens (tertiary/aromatic N) is 2. The summed E-state index contributed by atoms with van der Waals surface area (Å²) in [5.41, 5.74) is 0.472. The van der Waals surface area contributed by atoms with Gasteiger partial charge in [0.1, 0.15) is 0 Å². The first kappa shape index (κ1) is 23.3. The van der Waals surface area contributed by atoms with E-state index in [-0.39, 0.29) is 11.8 Å². The Labute approximate surface area is 178 Å². The Kier molecular flexibility index (Phi) is 9.04. The van der Waals surface area contributed by atoms with Gasteiger partial charge >= 0.3 is 0 Å². The molecule has 1 aliphatic rings. The van der Waals surface area contributed by atoms with Crippen LogP contribution in [0.15, 0.2) is 12.1 Å². The van der Waals surface area contributed by atoms with Crippen LogP contribution < -0.4 is 14.8 Å². The quantitative estimate of drug-likeness (QED) is 0.658. The van der Waals surface area contributed by atoms with Gasteiger partial charge in [-0.15, -0.1) is 0 Å². The lowest BCUT2D eigenvalue weighted by Gasteiger charge is -2.34. The first-order valence-corrected chi connectivity index (χ1v) is 10.5. The summed E-state index contributed by atoms with van der Waals surface area (Å²) in [5.74, 6) is 1.36. The molecule has 29 heavy (non-hydrogen) atoms. The second-order valence-electron chi connectivity index (χ2n) is 7.54. The number of hydrogen-bond acceptors (Lipinski definition) is 5. The van der Waals surface area contributed by atoms with Crippen molar-refractivity contribution in [1.82, 2.24) is 15.1 Å². The molecule has 1 N–H and O–H groups in total. The van der Waals surface area contributed by atoms with Gasteiger partial charge in [0, 0.05) is 38.3 Å². The molecule has 162 valence electrons. The molecule has 0 saturated carbocycles. The minimum Gasteiger partial charge on any atom is -0.493 e. The van der Waals surface area contributed by atoms with Crippen molar-refractivity contribution in [3.63, 3.8) is 0 Å². The number of halogens is 1. The van der Waals surface area contributed by atoms with Crippen LogP contribution in [-0.2, 0) is 4.79 Å². The predicted molar refractivity (Wildman–Crippen MR) is 114 cm³/mol. The molecule has 0 aromatic heterocycles. The minimum absolute atomic E-state index is 0.0110. The number of carbonyl (C=O) groups excluding carboxylic acids is 2. The van der Waals surface area contributed by atoms with Crippen LogP contribution in [0, 0.1) is 5.92 Å². The average Bonchev–Trinajstić information content (AvgIpc) is 2.68. The molecule has 0 atom stereocenters. The van der Waals surface area contributed by atoms with Gasteiger partial charge < -0.3 is 19.7 Å². The third kappa shape index (κ3) is 6.78. The van der Waals surface area contributed by atoms with Gasteiger partial charge in [0.2, 0.25) is 5.91 Å². The first-order valence-electron chi connectivity index (χ1n) is 10.1. The van der Waals surface area contributed by atoms with E-state index in [2.05, 4.69) is 19.2 Å². The van der Waals surface area contributed by atoms with Crippen molar-refractivity contribution in [3.05, 3.63) is 22.7 Å². The molecular formula is C21H32ClN3O4. The fraction of sp³-hybridized carbons (Fsp3) is 0.619. The summed E-state index contributed by atoms with van der Waals surface area (Å²) in [4.78, 5) is 28.5. The second kappa shape index (κ2) is 11.3. The number of carbonyl (C=O) groups is 2. The number of nitrogens with one attached hydrogen (secondary N) is 1. The lowest BCUT2D eigenvalue weighted by molar-refractivity contribution is -0.122. The molecule has 0 radical (unpaired) electrons. The number of likely N-dealkylation sites (N-methyl/N-ethyl adjacent to an activating group) is 1. The maximum atomic E-state index is 12.9. The topological polar surface area (TPSA) is 71.1 Å². The molecule has 1 aromatic carbocycles. The molecule has 0 aliphatic carbocycles. The molecule has 1 heterocycles. The SMILES string of the molecule is CCNC(=O)CN1CCN(C(=O)c2cc(Cl)c(OCCC(C)C)c(OC)c2)CC1. The lowest BCUT2D eigenvalue weighted by Crippen LogP contribution is -2.51. The van der Waals surface area contributed by atoms with Gasteiger partial charge in [-0.25, -0.2) is 0 Å². The normalized spacial score (nSPS) is 14.8. The molecule has 0 bridgehead atoms. The van der Waals surface area contributed by atoms with E-state index in [1.165, 1.54) is 7.11 Å².